The summed E-state index contributed by atoms with van der Waals surface area (Å²) < 4.78 is 13.6. The second-order valence-corrected chi connectivity index (χ2v) is 5.75. The third-order valence-electron chi connectivity index (χ3n) is 3.77. The summed E-state index contributed by atoms with van der Waals surface area (Å²) in [7, 11) is 0. The summed E-state index contributed by atoms with van der Waals surface area (Å²) in [4.78, 5) is 17.0. The Bertz CT molecular complexity index is 919. The van der Waals surface area contributed by atoms with Crippen LogP contribution in [0.2, 0.25) is 0 Å². The van der Waals surface area contributed by atoms with Gasteiger partial charge in [0, 0.05) is 16.8 Å². The molecule has 1 N–H and O–H groups in total. The van der Waals surface area contributed by atoms with Crippen LogP contribution in [0.25, 0.3) is 10.9 Å². The lowest BCUT2D eigenvalue weighted by Crippen LogP contribution is -2.14. The fourth-order valence-corrected chi connectivity index (χ4v) is 2.66. The minimum Gasteiger partial charge on any atom is -0.322 e. The zero-order valence-electron chi connectivity index (χ0n) is 13.3. The van der Waals surface area contributed by atoms with Crippen molar-refractivity contribution >= 4 is 22.5 Å². The Hall–Kier alpha value is -2.75. The standard InChI is InChI=1S/C19H17FN2O/c1-11-4-6-17(12(2)8-11)22-19(23)16-9-13(3)21-18-7-5-14(20)10-15(16)18/h4-10H,1-3H3,(H,22,23). The van der Waals surface area contributed by atoms with Crippen molar-refractivity contribution in [3.63, 3.8) is 0 Å². The summed E-state index contributed by atoms with van der Waals surface area (Å²) in [6.45, 7) is 5.76. The molecule has 3 nitrogen and oxygen atoms in total. The van der Waals surface area contributed by atoms with Gasteiger partial charge in [-0.2, -0.15) is 0 Å². The molecule has 116 valence electrons. The zero-order valence-corrected chi connectivity index (χ0v) is 13.3. The minimum absolute atomic E-state index is 0.266. The van der Waals surface area contributed by atoms with Crippen LogP contribution >= 0.6 is 0 Å². The number of nitrogens with one attached hydrogen (secondary N) is 1. The van der Waals surface area contributed by atoms with Crippen LogP contribution in [0.4, 0.5) is 10.1 Å². The highest BCUT2D eigenvalue weighted by molar-refractivity contribution is 6.12. The van der Waals surface area contributed by atoms with E-state index in [0.29, 0.717) is 16.5 Å². The third kappa shape index (κ3) is 3.06. The van der Waals surface area contributed by atoms with Gasteiger partial charge in [0.15, 0.2) is 0 Å². The van der Waals surface area contributed by atoms with Gasteiger partial charge in [-0.25, -0.2) is 4.39 Å². The smallest absolute Gasteiger partial charge is 0.256 e. The minimum atomic E-state index is -0.385. The topological polar surface area (TPSA) is 42.0 Å². The van der Waals surface area contributed by atoms with Crippen LogP contribution in [0.15, 0.2) is 42.5 Å². The third-order valence-corrected chi connectivity index (χ3v) is 3.77. The van der Waals surface area contributed by atoms with Crippen molar-refractivity contribution in [3.05, 3.63) is 70.7 Å². The van der Waals surface area contributed by atoms with E-state index in [2.05, 4.69) is 10.3 Å². The fraction of sp³-hybridized carbons (Fsp3) is 0.158. The fourth-order valence-electron chi connectivity index (χ4n) is 2.66. The summed E-state index contributed by atoms with van der Waals surface area (Å²) in [5, 5.41) is 3.42. The first-order chi connectivity index (χ1) is 10.9. The number of carbonyl (C=O) groups excluding carboxylic acids is 1. The molecule has 0 fully saturated rings. The Kier molecular flexibility index (Phi) is 3.82. The molecule has 0 bridgehead atoms. The SMILES string of the molecule is Cc1ccc(NC(=O)c2cc(C)nc3ccc(F)cc23)c(C)c1. The van der Waals surface area contributed by atoms with Gasteiger partial charge < -0.3 is 5.32 Å². The zero-order chi connectivity index (χ0) is 16.6. The molecule has 0 aliphatic rings. The maximum atomic E-state index is 13.6. The first-order valence-corrected chi connectivity index (χ1v) is 7.39. The predicted molar refractivity (Wildman–Crippen MR) is 90.3 cm³/mol. The molecule has 0 radical (unpaired) electrons. The van der Waals surface area contributed by atoms with Gasteiger partial charge in [0.25, 0.3) is 5.91 Å². The number of hydrogen-bond acceptors (Lipinski definition) is 2. The van der Waals surface area contributed by atoms with E-state index >= 15 is 0 Å². The van der Waals surface area contributed by atoms with Crippen molar-refractivity contribution in [2.45, 2.75) is 20.8 Å². The summed E-state index contributed by atoms with van der Waals surface area (Å²) in [6, 6.07) is 11.8. The van der Waals surface area contributed by atoms with Gasteiger partial charge in [0.2, 0.25) is 0 Å². The van der Waals surface area contributed by atoms with Crippen LogP contribution in [-0.4, -0.2) is 10.9 Å². The lowest BCUT2D eigenvalue weighted by Gasteiger charge is -2.11. The molecule has 0 spiro atoms. The quantitative estimate of drug-likeness (QED) is 0.754. The summed E-state index contributed by atoms with van der Waals surface area (Å²) in [6.07, 6.45) is 0. The Labute approximate surface area is 134 Å². The molecule has 4 heteroatoms. The molecule has 0 aliphatic carbocycles. The van der Waals surface area contributed by atoms with Crippen LogP contribution in [0.5, 0.6) is 0 Å². The average Bonchev–Trinajstić information content (AvgIpc) is 2.49. The van der Waals surface area contributed by atoms with Crippen molar-refractivity contribution in [2.24, 2.45) is 0 Å². The van der Waals surface area contributed by atoms with Gasteiger partial charge in [-0.15, -0.1) is 0 Å². The van der Waals surface area contributed by atoms with Gasteiger partial charge in [-0.1, -0.05) is 17.7 Å². The number of rotatable bonds is 2. The maximum absolute atomic E-state index is 13.6. The Morgan fingerprint density at radius 3 is 2.57 bits per heavy atom. The number of carbonyl (C=O) groups is 1. The second-order valence-electron chi connectivity index (χ2n) is 5.75. The van der Waals surface area contributed by atoms with Crippen LogP contribution in [-0.2, 0) is 0 Å². The number of anilines is 1. The molecule has 0 unspecified atom stereocenters. The average molecular weight is 308 g/mol. The highest BCUT2D eigenvalue weighted by Gasteiger charge is 2.14. The number of nitrogens with zero attached hydrogens (tertiary/aromatic N) is 1. The number of pyridine rings is 1. The number of hydrogen-bond donors (Lipinski definition) is 1. The largest absolute Gasteiger partial charge is 0.322 e. The number of aryl methyl sites for hydroxylation is 3. The Morgan fingerprint density at radius 2 is 1.83 bits per heavy atom. The number of amides is 1. The molecule has 1 aromatic heterocycles. The van der Waals surface area contributed by atoms with Gasteiger partial charge in [-0.05, 0) is 56.7 Å². The van der Waals surface area contributed by atoms with Gasteiger partial charge in [0.1, 0.15) is 5.82 Å². The number of benzene rings is 2. The highest BCUT2D eigenvalue weighted by atomic mass is 19.1. The number of halogens is 1. The van der Waals surface area contributed by atoms with Crippen molar-refractivity contribution in [1.29, 1.82) is 0 Å². The van der Waals surface area contributed by atoms with Gasteiger partial charge in [0.05, 0.1) is 11.1 Å². The maximum Gasteiger partial charge on any atom is 0.256 e. The van der Waals surface area contributed by atoms with Crippen molar-refractivity contribution in [2.75, 3.05) is 5.32 Å². The summed E-state index contributed by atoms with van der Waals surface area (Å²) in [5.41, 5.74) is 4.62. The van der Waals surface area contributed by atoms with E-state index in [1.807, 2.05) is 39.0 Å². The Balaban J connectivity index is 2.05. The first kappa shape index (κ1) is 15.2. The van der Waals surface area contributed by atoms with Crippen molar-refractivity contribution < 1.29 is 9.18 Å². The molecule has 0 aliphatic heterocycles. The van der Waals surface area contributed by atoms with E-state index in [-0.39, 0.29) is 11.7 Å². The number of aromatic nitrogens is 1. The molecular formula is C19H17FN2O. The van der Waals surface area contributed by atoms with Crippen LogP contribution < -0.4 is 5.32 Å². The molecule has 2 aromatic carbocycles. The van der Waals surface area contributed by atoms with Crippen molar-refractivity contribution in [3.8, 4) is 0 Å². The van der Waals surface area contributed by atoms with Gasteiger partial charge >= 0.3 is 0 Å². The lowest BCUT2D eigenvalue weighted by molar-refractivity contribution is 0.102. The number of fused-ring (bicyclic) bond motifs is 1. The van der Waals surface area contributed by atoms with E-state index < -0.39 is 0 Å². The van der Waals surface area contributed by atoms with Gasteiger partial charge in [-0.3, -0.25) is 9.78 Å². The molecule has 1 amide bonds. The molecule has 1 heterocycles. The summed E-state index contributed by atoms with van der Waals surface area (Å²) >= 11 is 0. The first-order valence-electron chi connectivity index (χ1n) is 7.39. The van der Waals surface area contributed by atoms with Crippen LogP contribution in [0, 0.1) is 26.6 Å². The van der Waals surface area contributed by atoms with E-state index in [0.717, 1.165) is 22.5 Å². The van der Waals surface area contributed by atoms with Crippen LogP contribution in [0.1, 0.15) is 27.2 Å². The molecule has 0 atom stereocenters. The molecular weight excluding hydrogens is 291 g/mol. The van der Waals surface area contributed by atoms with Crippen LogP contribution in [0.3, 0.4) is 0 Å². The molecule has 3 aromatic rings. The molecule has 0 saturated carbocycles. The van der Waals surface area contributed by atoms with E-state index in [9.17, 15) is 9.18 Å². The van der Waals surface area contributed by atoms with E-state index in [1.54, 1.807) is 12.1 Å². The second kappa shape index (κ2) is 5.80. The van der Waals surface area contributed by atoms with Crippen molar-refractivity contribution in [1.82, 2.24) is 4.98 Å². The molecule has 0 saturated heterocycles. The van der Waals surface area contributed by atoms with E-state index in [1.165, 1.54) is 12.1 Å². The predicted octanol–water partition coefficient (Wildman–Crippen LogP) is 4.55. The Morgan fingerprint density at radius 1 is 1.04 bits per heavy atom. The lowest BCUT2D eigenvalue weighted by atomic mass is 10.1. The molecule has 23 heavy (non-hydrogen) atoms. The highest BCUT2D eigenvalue weighted by Crippen LogP contribution is 2.22. The monoisotopic (exact) mass is 308 g/mol. The molecule has 3 rings (SSSR count). The summed E-state index contributed by atoms with van der Waals surface area (Å²) in [5.74, 6) is -0.651. The normalized spacial score (nSPS) is 10.8. The van der Waals surface area contributed by atoms with E-state index in [4.69, 9.17) is 0 Å².